The Balaban J connectivity index is 1.85. The van der Waals surface area contributed by atoms with Gasteiger partial charge >= 0.3 is 5.82 Å². The van der Waals surface area contributed by atoms with Crippen molar-refractivity contribution in [3.05, 3.63) is 34.4 Å². The van der Waals surface area contributed by atoms with Gasteiger partial charge in [-0.2, -0.15) is 5.10 Å². The number of carbonyl (C=O) groups is 1. The maximum absolute atomic E-state index is 11.8. The quantitative estimate of drug-likeness (QED) is 0.620. The number of nitrogens with zero attached hydrogens (tertiary/aromatic N) is 4. The lowest BCUT2D eigenvalue weighted by Gasteiger charge is -2.01. The van der Waals surface area contributed by atoms with Crippen molar-refractivity contribution in [2.24, 2.45) is 0 Å². The third kappa shape index (κ3) is 3.88. The van der Waals surface area contributed by atoms with E-state index in [1.54, 1.807) is 6.07 Å². The van der Waals surface area contributed by atoms with Crippen molar-refractivity contribution in [3.63, 3.8) is 0 Å². The normalized spacial score (nSPS) is 10.8. The lowest BCUT2D eigenvalue weighted by molar-refractivity contribution is -0.389. The molecule has 112 valence electrons. The summed E-state index contributed by atoms with van der Waals surface area (Å²) in [5.41, 5.74) is 0.940. The maximum Gasteiger partial charge on any atom is 0.381 e. The monoisotopic (exact) mass is 292 g/mol. The number of hydrogen-bond donors (Lipinski definition) is 2. The predicted molar refractivity (Wildman–Crippen MR) is 74.8 cm³/mol. The molecule has 0 radical (unpaired) electrons. The predicted octanol–water partition coefficient (Wildman–Crippen LogP) is 1.67. The molecular weight excluding hydrogens is 276 g/mol. The third-order valence-electron chi connectivity index (χ3n) is 2.89. The van der Waals surface area contributed by atoms with Gasteiger partial charge in [0.2, 0.25) is 12.2 Å². The molecule has 0 aliphatic carbocycles. The number of rotatable bonds is 6. The van der Waals surface area contributed by atoms with E-state index in [9.17, 15) is 14.9 Å². The van der Waals surface area contributed by atoms with Gasteiger partial charge in [0.15, 0.2) is 5.82 Å². The number of hydrogen-bond acceptors (Lipinski definition) is 5. The van der Waals surface area contributed by atoms with Crippen LogP contribution in [0.5, 0.6) is 0 Å². The highest BCUT2D eigenvalue weighted by Crippen LogP contribution is 2.15. The molecule has 0 atom stereocenters. The number of aryl methyl sites for hydroxylation is 1. The van der Waals surface area contributed by atoms with Crippen molar-refractivity contribution in [2.75, 3.05) is 5.32 Å². The highest BCUT2D eigenvalue weighted by molar-refractivity contribution is 5.89. The van der Waals surface area contributed by atoms with Gasteiger partial charge in [-0.25, -0.2) is 0 Å². The standard InChI is InChI=1S/C12H16N6O3/c1-8(2)9-5-10(16-15-9)14-12(19)3-4-17-6-11(13-7-17)18(20)21/h5-8H,3-4H2,1-2H3,(H2,14,15,16,19). The van der Waals surface area contributed by atoms with Crippen molar-refractivity contribution < 1.29 is 9.72 Å². The van der Waals surface area contributed by atoms with Gasteiger partial charge in [-0.3, -0.25) is 9.89 Å². The molecule has 21 heavy (non-hydrogen) atoms. The summed E-state index contributed by atoms with van der Waals surface area (Å²) in [6, 6.07) is 1.78. The Morgan fingerprint density at radius 2 is 2.33 bits per heavy atom. The van der Waals surface area contributed by atoms with Crippen molar-refractivity contribution in [3.8, 4) is 0 Å². The van der Waals surface area contributed by atoms with E-state index in [2.05, 4.69) is 20.5 Å². The molecule has 1 amide bonds. The Hall–Kier alpha value is -2.71. The molecule has 2 aromatic rings. The lowest BCUT2D eigenvalue weighted by Crippen LogP contribution is -2.14. The van der Waals surface area contributed by atoms with E-state index < -0.39 is 4.92 Å². The zero-order valence-electron chi connectivity index (χ0n) is 11.7. The summed E-state index contributed by atoms with van der Waals surface area (Å²) in [7, 11) is 0. The summed E-state index contributed by atoms with van der Waals surface area (Å²) in [4.78, 5) is 25.3. The molecule has 0 saturated carbocycles. The van der Waals surface area contributed by atoms with E-state index in [1.165, 1.54) is 17.1 Å². The molecule has 2 aromatic heterocycles. The SMILES string of the molecule is CC(C)c1cc(NC(=O)CCn2cnc([N+](=O)[O-])c2)n[nH]1. The van der Waals surface area contributed by atoms with Gasteiger partial charge in [0.05, 0.1) is 0 Å². The summed E-state index contributed by atoms with van der Waals surface area (Å²) >= 11 is 0. The molecule has 0 aliphatic heterocycles. The number of nitro groups is 1. The Kier molecular flexibility index (Phi) is 4.31. The molecule has 0 fully saturated rings. The van der Waals surface area contributed by atoms with E-state index >= 15 is 0 Å². The number of aromatic amines is 1. The molecule has 9 heteroatoms. The topological polar surface area (TPSA) is 119 Å². The van der Waals surface area contributed by atoms with Crippen molar-refractivity contribution in [1.29, 1.82) is 0 Å². The van der Waals surface area contributed by atoms with Crippen molar-refractivity contribution in [1.82, 2.24) is 19.7 Å². The first-order valence-electron chi connectivity index (χ1n) is 6.47. The number of H-pyrrole nitrogens is 1. The number of aromatic nitrogens is 4. The summed E-state index contributed by atoms with van der Waals surface area (Å²) in [6.07, 6.45) is 2.80. The van der Waals surface area contributed by atoms with E-state index in [-0.39, 0.29) is 18.1 Å². The first-order valence-corrected chi connectivity index (χ1v) is 6.47. The van der Waals surface area contributed by atoms with E-state index in [4.69, 9.17) is 0 Å². The lowest BCUT2D eigenvalue weighted by atomic mass is 10.1. The van der Waals surface area contributed by atoms with Crippen molar-refractivity contribution in [2.45, 2.75) is 32.7 Å². The van der Waals surface area contributed by atoms with E-state index in [0.717, 1.165) is 5.69 Å². The second-order valence-corrected chi connectivity index (χ2v) is 4.89. The number of nitrogens with one attached hydrogen (secondary N) is 2. The molecule has 0 saturated heterocycles. The Morgan fingerprint density at radius 3 is 2.90 bits per heavy atom. The van der Waals surface area contributed by atoms with Crippen LogP contribution >= 0.6 is 0 Å². The highest BCUT2D eigenvalue weighted by atomic mass is 16.6. The second-order valence-electron chi connectivity index (χ2n) is 4.89. The Morgan fingerprint density at radius 1 is 1.57 bits per heavy atom. The number of amides is 1. The van der Waals surface area contributed by atoms with Gasteiger partial charge in [0, 0.05) is 24.7 Å². The summed E-state index contributed by atoms with van der Waals surface area (Å²) in [5, 5.41) is 20.0. The van der Waals surface area contributed by atoms with Gasteiger partial charge in [-0.1, -0.05) is 13.8 Å². The fourth-order valence-electron chi connectivity index (χ4n) is 1.70. The van der Waals surface area contributed by atoms with Crippen LogP contribution in [0, 0.1) is 10.1 Å². The first-order chi connectivity index (χ1) is 9.95. The van der Waals surface area contributed by atoms with E-state index in [1.807, 2.05) is 13.8 Å². The zero-order chi connectivity index (χ0) is 15.4. The fourth-order valence-corrected chi connectivity index (χ4v) is 1.70. The van der Waals surface area contributed by atoms with Crippen molar-refractivity contribution >= 4 is 17.5 Å². The fraction of sp³-hybridized carbons (Fsp3) is 0.417. The molecule has 9 nitrogen and oxygen atoms in total. The van der Waals surface area contributed by atoms with E-state index in [0.29, 0.717) is 18.3 Å². The molecule has 0 aliphatic rings. The summed E-state index contributed by atoms with van der Waals surface area (Å²) < 4.78 is 1.50. The minimum atomic E-state index is -0.576. The minimum absolute atomic E-state index is 0.178. The second kappa shape index (κ2) is 6.16. The van der Waals surface area contributed by atoms with Crippen LogP contribution in [0.2, 0.25) is 0 Å². The average Bonchev–Trinajstić information content (AvgIpc) is 3.05. The molecular formula is C12H16N6O3. The Labute approximate surface area is 120 Å². The van der Waals surface area contributed by atoms with Crippen LogP contribution in [0.4, 0.5) is 11.6 Å². The van der Waals surface area contributed by atoms with Gasteiger partial charge in [-0.05, 0) is 15.8 Å². The molecule has 2 rings (SSSR count). The first kappa shape index (κ1) is 14.7. The number of anilines is 1. The van der Waals surface area contributed by atoms with Gasteiger partial charge < -0.3 is 20.0 Å². The molecule has 0 spiro atoms. The average molecular weight is 292 g/mol. The Bertz CT molecular complexity index is 645. The van der Waals surface area contributed by atoms with Crippen LogP contribution < -0.4 is 5.32 Å². The molecule has 0 aromatic carbocycles. The minimum Gasteiger partial charge on any atom is -0.358 e. The number of carbonyl (C=O) groups excluding carboxylic acids is 1. The third-order valence-corrected chi connectivity index (χ3v) is 2.89. The van der Waals surface area contributed by atoms with Gasteiger partial charge in [-0.15, -0.1) is 0 Å². The van der Waals surface area contributed by atoms with Crippen LogP contribution in [0.15, 0.2) is 18.6 Å². The highest BCUT2D eigenvalue weighted by Gasteiger charge is 2.12. The smallest absolute Gasteiger partial charge is 0.358 e. The van der Waals surface area contributed by atoms with Gasteiger partial charge in [0.1, 0.15) is 6.20 Å². The summed E-state index contributed by atoms with van der Waals surface area (Å²) in [5.74, 6) is 0.326. The maximum atomic E-state index is 11.8. The van der Waals surface area contributed by atoms with Crippen LogP contribution in [0.3, 0.4) is 0 Å². The molecule has 2 heterocycles. The largest absolute Gasteiger partial charge is 0.381 e. The van der Waals surface area contributed by atoms with Crippen LogP contribution in [0.25, 0.3) is 0 Å². The molecule has 0 unspecified atom stereocenters. The zero-order valence-corrected chi connectivity index (χ0v) is 11.7. The van der Waals surface area contributed by atoms with Crippen LogP contribution in [-0.4, -0.2) is 30.6 Å². The molecule has 2 N–H and O–H groups in total. The number of imidazole rings is 1. The summed E-state index contributed by atoms with van der Waals surface area (Å²) in [6.45, 7) is 4.35. The van der Waals surface area contributed by atoms with Crippen LogP contribution in [-0.2, 0) is 11.3 Å². The van der Waals surface area contributed by atoms with Gasteiger partial charge in [0.25, 0.3) is 0 Å². The van der Waals surface area contributed by atoms with Crippen LogP contribution in [0.1, 0.15) is 31.9 Å². The molecule has 0 bridgehead atoms.